The Morgan fingerprint density at radius 2 is 1.59 bits per heavy atom. The zero-order valence-corrected chi connectivity index (χ0v) is 36.4. The van der Waals surface area contributed by atoms with Gasteiger partial charge in [0.05, 0.1) is 17.4 Å². The summed E-state index contributed by atoms with van der Waals surface area (Å²) in [5, 5.41) is 4.62. The maximum absolute atomic E-state index is 12.2. The fraction of sp³-hybridized carbons (Fsp3) is 0.829. The molecule has 1 fully saturated rings. The molecule has 0 N–H and O–H groups in total. The number of rotatable bonds is 21. The van der Waals surface area contributed by atoms with E-state index in [4.69, 9.17) is 22.5 Å². The largest absolute Gasteiger partial charge is 0.520 e. The van der Waals surface area contributed by atoms with Gasteiger partial charge in [0.15, 0.2) is 25.0 Å². The average Bonchev–Trinajstić information content (AvgIpc) is 3.14. The Bertz CT molecular complexity index is 1010. The molecule has 0 aromatic carbocycles. The third-order valence-corrected chi connectivity index (χ3v) is 11.4. The maximum atomic E-state index is 12.2. The number of nitrogens with zero attached hydrogens (tertiary/aromatic N) is 1. The summed E-state index contributed by atoms with van der Waals surface area (Å²) in [5.41, 5.74) is 0.714. The van der Waals surface area contributed by atoms with Crippen molar-refractivity contribution >= 4 is 45.0 Å². The summed E-state index contributed by atoms with van der Waals surface area (Å²) in [5.74, 6) is 0.271. The van der Waals surface area contributed by atoms with Crippen LogP contribution >= 0.6 is 0 Å². The second kappa shape index (κ2) is 18.8. The molecular formula is C35H71NO6Si4. The third kappa shape index (κ3) is 19.9. The molecule has 11 heteroatoms. The van der Waals surface area contributed by atoms with Crippen molar-refractivity contribution in [2.24, 2.45) is 17.0 Å². The van der Waals surface area contributed by atoms with E-state index >= 15 is 0 Å². The van der Waals surface area contributed by atoms with Gasteiger partial charge in [-0.25, -0.2) is 0 Å². The zero-order valence-electron chi connectivity index (χ0n) is 32.4. The molecule has 0 aliphatic heterocycles. The van der Waals surface area contributed by atoms with Crippen LogP contribution in [-0.4, -0.2) is 69.4 Å². The molecule has 268 valence electrons. The summed E-state index contributed by atoms with van der Waals surface area (Å²) in [6.07, 6.45) is 16.3. The molecule has 0 amide bonds. The van der Waals surface area contributed by atoms with Crippen LogP contribution in [0.2, 0.25) is 78.6 Å². The van der Waals surface area contributed by atoms with Gasteiger partial charge in [0.25, 0.3) is 5.97 Å². The van der Waals surface area contributed by atoms with Crippen molar-refractivity contribution in [1.29, 1.82) is 0 Å². The highest BCUT2D eigenvalue weighted by Crippen LogP contribution is 2.39. The van der Waals surface area contributed by atoms with Gasteiger partial charge in [-0.3, -0.25) is 4.79 Å². The van der Waals surface area contributed by atoms with Crippen LogP contribution < -0.4 is 0 Å². The Morgan fingerprint density at radius 1 is 0.935 bits per heavy atom. The molecule has 1 saturated carbocycles. The number of oxime groups is 1. The molecule has 0 saturated heterocycles. The number of carbonyl (C=O) groups is 1. The minimum atomic E-state index is -1.84. The standard InChI is InChI=1S/C35H71NO6Si4/c1-16-38-36-32-28-33(40-44(7,8)9)31(30(32)23-19-17-18-20-24-34(37)41-45(10,11)12)25-27-35(3,42-46(13,14)15)26-21-22-29(2)39-43(4,5)6/h17,19,25,27,29-31,33H,16,18,20-24,26,28H2,1-15H3/b19-17+,27-25+,36-32+/t29?,30-,31-,33-,35+/m1/s1. The highest BCUT2D eigenvalue weighted by atomic mass is 28.4. The second-order valence-corrected chi connectivity index (χ2v) is 34.9. The quantitative estimate of drug-likeness (QED) is 0.0510. The van der Waals surface area contributed by atoms with E-state index in [0.717, 1.165) is 50.7 Å². The van der Waals surface area contributed by atoms with Gasteiger partial charge in [-0.1, -0.05) is 29.5 Å². The molecule has 7 nitrogen and oxygen atoms in total. The van der Waals surface area contributed by atoms with E-state index in [-0.39, 0.29) is 35.6 Å². The molecule has 0 aromatic heterocycles. The summed E-state index contributed by atoms with van der Waals surface area (Å²) >= 11 is 0. The van der Waals surface area contributed by atoms with E-state index < -0.39 is 33.3 Å². The topological polar surface area (TPSA) is 75.6 Å². The number of unbranched alkanes of at least 4 members (excludes halogenated alkanes) is 1. The third-order valence-electron chi connectivity index (χ3n) is 7.33. The Hall–Kier alpha value is -0.832. The van der Waals surface area contributed by atoms with Crippen molar-refractivity contribution in [3.05, 3.63) is 24.3 Å². The summed E-state index contributed by atoms with van der Waals surface area (Å²) in [6, 6.07) is 0. The highest BCUT2D eigenvalue weighted by molar-refractivity contribution is 6.71. The number of carbonyl (C=O) groups excluding carboxylic acids is 1. The predicted molar refractivity (Wildman–Crippen MR) is 206 cm³/mol. The van der Waals surface area contributed by atoms with Crippen LogP contribution in [0.15, 0.2) is 29.5 Å². The van der Waals surface area contributed by atoms with Gasteiger partial charge in [0.2, 0.25) is 8.32 Å². The van der Waals surface area contributed by atoms with Gasteiger partial charge in [0, 0.05) is 30.8 Å². The number of allylic oxidation sites excluding steroid dienone is 2. The molecule has 0 bridgehead atoms. The summed E-state index contributed by atoms with van der Waals surface area (Å²) in [4.78, 5) is 17.8. The van der Waals surface area contributed by atoms with Crippen molar-refractivity contribution in [1.82, 2.24) is 0 Å². The minimum Gasteiger partial charge on any atom is -0.520 e. The average molecular weight is 714 g/mol. The van der Waals surface area contributed by atoms with E-state index in [1.807, 2.05) is 26.6 Å². The van der Waals surface area contributed by atoms with E-state index in [0.29, 0.717) is 13.0 Å². The zero-order chi connectivity index (χ0) is 35.4. The lowest BCUT2D eigenvalue weighted by atomic mass is 9.88. The van der Waals surface area contributed by atoms with Crippen LogP contribution in [0.25, 0.3) is 0 Å². The van der Waals surface area contributed by atoms with Crippen molar-refractivity contribution in [2.45, 2.75) is 169 Å². The molecule has 0 aromatic rings. The minimum absolute atomic E-state index is 0.0538. The highest BCUT2D eigenvalue weighted by Gasteiger charge is 2.42. The van der Waals surface area contributed by atoms with Crippen LogP contribution in [0, 0.1) is 11.8 Å². The fourth-order valence-electron chi connectivity index (χ4n) is 6.06. The molecule has 0 radical (unpaired) electrons. The lowest BCUT2D eigenvalue weighted by molar-refractivity contribution is -0.135. The normalized spacial score (nSPS) is 22.9. The molecule has 1 unspecified atom stereocenters. The van der Waals surface area contributed by atoms with Crippen LogP contribution in [0.1, 0.15) is 72.1 Å². The first kappa shape index (κ1) is 43.2. The van der Waals surface area contributed by atoms with Gasteiger partial charge in [-0.15, -0.1) is 0 Å². The SMILES string of the molecule is CCO/N=C1\C[C@@H](O[Si](C)(C)C)[C@H](/C=C/[C@](C)(CCCC(C)O[Si](C)(C)C)O[Si](C)(C)C)[C@H]1C/C=C/CCCC(=O)O[Si](C)(C)C. The molecule has 1 rings (SSSR count). The smallest absolute Gasteiger partial charge is 0.292 e. The molecule has 1 aliphatic carbocycles. The van der Waals surface area contributed by atoms with Crippen LogP contribution in [-0.2, 0) is 27.3 Å². The van der Waals surface area contributed by atoms with Crippen molar-refractivity contribution < 1.29 is 27.3 Å². The molecule has 0 spiro atoms. The molecule has 5 atom stereocenters. The summed E-state index contributed by atoms with van der Waals surface area (Å²) in [6.45, 7) is 33.5. The van der Waals surface area contributed by atoms with Crippen molar-refractivity contribution in [3.63, 3.8) is 0 Å². The van der Waals surface area contributed by atoms with Crippen molar-refractivity contribution in [3.8, 4) is 0 Å². The predicted octanol–water partition coefficient (Wildman–Crippen LogP) is 10.3. The van der Waals surface area contributed by atoms with Gasteiger partial charge >= 0.3 is 0 Å². The first-order valence-corrected chi connectivity index (χ1v) is 31.4. The van der Waals surface area contributed by atoms with Crippen LogP contribution in [0.5, 0.6) is 0 Å². The summed E-state index contributed by atoms with van der Waals surface area (Å²) < 4.78 is 25.6. The van der Waals surface area contributed by atoms with Crippen molar-refractivity contribution in [2.75, 3.05) is 6.61 Å². The molecule has 0 heterocycles. The van der Waals surface area contributed by atoms with E-state index in [1.54, 1.807) is 0 Å². The van der Waals surface area contributed by atoms with Crippen LogP contribution in [0.4, 0.5) is 0 Å². The van der Waals surface area contributed by atoms with E-state index in [1.165, 1.54) is 0 Å². The monoisotopic (exact) mass is 713 g/mol. The Kier molecular flexibility index (Phi) is 17.7. The summed E-state index contributed by atoms with van der Waals surface area (Å²) in [7, 11) is -7.06. The van der Waals surface area contributed by atoms with Gasteiger partial charge in [0.1, 0.15) is 6.61 Å². The van der Waals surface area contributed by atoms with Gasteiger partial charge in [-0.2, -0.15) is 0 Å². The second-order valence-electron chi connectivity index (χ2n) is 17.2. The van der Waals surface area contributed by atoms with Gasteiger partial charge in [-0.05, 0) is 138 Å². The number of hydrogen-bond acceptors (Lipinski definition) is 7. The number of hydrogen-bond donors (Lipinski definition) is 0. The lowest BCUT2D eigenvalue weighted by Gasteiger charge is -2.35. The maximum Gasteiger partial charge on any atom is 0.292 e. The first-order valence-electron chi connectivity index (χ1n) is 17.7. The van der Waals surface area contributed by atoms with Gasteiger partial charge < -0.3 is 22.5 Å². The Labute approximate surface area is 287 Å². The first-order chi connectivity index (χ1) is 20.9. The Morgan fingerprint density at radius 3 is 2.13 bits per heavy atom. The molecule has 1 aliphatic rings. The van der Waals surface area contributed by atoms with E-state index in [9.17, 15) is 4.79 Å². The Balaban J connectivity index is 3.22. The van der Waals surface area contributed by atoms with Crippen LogP contribution in [0.3, 0.4) is 0 Å². The van der Waals surface area contributed by atoms with E-state index in [2.05, 4.69) is 102 Å². The molecular weight excluding hydrogens is 643 g/mol. The lowest BCUT2D eigenvalue weighted by Crippen LogP contribution is -2.40. The molecule has 46 heavy (non-hydrogen) atoms. The fourth-order valence-corrected chi connectivity index (χ4v) is 10.9.